The summed E-state index contributed by atoms with van der Waals surface area (Å²) in [6, 6.07) is 14.5. The maximum atomic E-state index is 12.7. The van der Waals surface area contributed by atoms with Crippen molar-refractivity contribution in [1.82, 2.24) is 10.2 Å². The summed E-state index contributed by atoms with van der Waals surface area (Å²) in [6.45, 7) is 3.32. The van der Waals surface area contributed by atoms with E-state index in [1.165, 1.54) is 12.1 Å². The van der Waals surface area contributed by atoms with E-state index >= 15 is 0 Å². The lowest BCUT2D eigenvalue weighted by atomic mass is 10.0. The molecule has 0 saturated carbocycles. The van der Waals surface area contributed by atoms with Crippen LogP contribution in [0.1, 0.15) is 22.0 Å². The van der Waals surface area contributed by atoms with Crippen molar-refractivity contribution < 1.29 is 17.9 Å². The number of sulfonamides is 1. The number of amides is 1. The minimum absolute atomic E-state index is 0.0185. The van der Waals surface area contributed by atoms with Gasteiger partial charge < -0.3 is 10.1 Å². The second-order valence-corrected chi connectivity index (χ2v) is 9.01. The van der Waals surface area contributed by atoms with Crippen LogP contribution in [0.4, 0.5) is 5.69 Å². The quantitative estimate of drug-likeness (QED) is 0.695. The van der Waals surface area contributed by atoms with Crippen LogP contribution in [0.2, 0.25) is 5.02 Å². The Morgan fingerprint density at radius 2 is 1.86 bits per heavy atom. The average molecular weight is 438 g/mol. The van der Waals surface area contributed by atoms with Gasteiger partial charge in [-0.3, -0.25) is 14.4 Å². The molecule has 0 aromatic heterocycles. The summed E-state index contributed by atoms with van der Waals surface area (Å²) in [6.07, 6.45) is 1.03. The Hall–Kier alpha value is -2.13. The number of anilines is 1. The predicted molar refractivity (Wildman–Crippen MR) is 114 cm³/mol. The Balaban J connectivity index is 1.74. The number of nitrogens with one attached hydrogen (secondary N) is 2. The average Bonchev–Trinajstić information content (AvgIpc) is 2.70. The predicted octanol–water partition coefficient (Wildman–Crippen LogP) is 2.51. The molecule has 2 aromatic carbocycles. The third-order valence-electron chi connectivity index (χ3n) is 4.65. The Labute approximate surface area is 176 Å². The van der Waals surface area contributed by atoms with E-state index in [-0.39, 0.29) is 22.7 Å². The van der Waals surface area contributed by atoms with Crippen LogP contribution in [0.15, 0.2) is 48.5 Å². The van der Waals surface area contributed by atoms with Crippen molar-refractivity contribution >= 4 is 33.2 Å². The lowest BCUT2D eigenvalue weighted by Crippen LogP contribution is -2.43. The standard InChI is InChI=1S/C20H24ClN3O4S/c1-29(26,27)23-18-13-16(7-8-17(18)21)20(25)22-14-19(15-5-3-2-4-6-15)24-9-11-28-12-10-24/h2-8,13,19,23H,9-12,14H2,1H3,(H,22,25). The number of halogens is 1. The van der Waals surface area contributed by atoms with Crippen LogP contribution in [-0.4, -0.2) is 58.3 Å². The molecule has 2 N–H and O–H groups in total. The maximum absolute atomic E-state index is 12.7. The highest BCUT2D eigenvalue weighted by Gasteiger charge is 2.23. The molecule has 1 unspecified atom stereocenters. The topological polar surface area (TPSA) is 87.7 Å². The van der Waals surface area contributed by atoms with E-state index in [9.17, 15) is 13.2 Å². The number of ether oxygens (including phenoxy) is 1. The van der Waals surface area contributed by atoms with Crippen molar-refractivity contribution in [1.29, 1.82) is 0 Å². The minimum atomic E-state index is -3.50. The smallest absolute Gasteiger partial charge is 0.251 e. The molecule has 1 amide bonds. The van der Waals surface area contributed by atoms with E-state index in [1.54, 1.807) is 6.07 Å². The number of rotatable bonds is 7. The summed E-state index contributed by atoms with van der Waals surface area (Å²) in [5.41, 5.74) is 1.62. The van der Waals surface area contributed by atoms with Crippen molar-refractivity contribution in [3.8, 4) is 0 Å². The van der Waals surface area contributed by atoms with Gasteiger partial charge in [-0.25, -0.2) is 8.42 Å². The Morgan fingerprint density at radius 1 is 1.17 bits per heavy atom. The first-order valence-electron chi connectivity index (χ1n) is 9.26. The van der Waals surface area contributed by atoms with Crippen LogP contribution < -0.4 is 10.0 Å². The third-order valence-corrected chi connectivity index (χ3v) is 5.57. The van der Waals surface area contributed by atoms with Gasteiger partial charge in [0.2, 0.25) is 10.0 Å². The van der Waals surface area contributed by atoms with Crippen molar-refractivity contribution in [2.45, 2.75) is 6.04 Å². The fourth-order valence-electron chi connectivity index (χ4n) is 3.26. The Morgan fingerprint density at radius 3 is 2.52 bits per heavy atom. The maximum Gasteiger partial charge on any atom is 0.251 e. The number of nitrogens with zero attached hydrogens (tertiary/aromatic N) is 1. The minimum Gasteiger partial charge on any atom is -0.379 e. The van der Waals surface area contributed by atoms with Crippen LogP contribution in [-0.2, 0) is 14.8 Å². The van der Waals surface area contributed by atoms with Crippen LogP contribution in [0.3, 0.4) is 0 Å². The Bertz CT molecular complexity index is 947. The number of hydrogen-bond acceptors (Lipinski definition) is 5. The van der Waals surface area contributed by atoms with Crippen molar-refractivity contribution in [2.75, 3.05) is 43.8 Å². The summed E-state index contributed by atoms with van der Waals surface area (Å²) in [7, 11) is -3.50. The summed E-state index contributed by atoms with van der Waals surface area (Å²) in [4.78, 5) is 15.0. The number of benzene rings is 2. The van der Waals surface area contributed by atoms with Crippen molar-refractivity contribution in [3.05, 3.63) is 64.7 Å². The molecule has 1 aliphatic rings. The first-order valence-corrected chi connectivity index (χ1v) is 11.5. The molecule has 9 heteroatoms. The van der Waals surface area contributed by atoms with Gasteiger partial charge >= 0.3 is 0 Å². The van der Waals surface area contributed by atoms with Crippen LogP contribution in [0.5, 0.6) is 0 Å². The largest absolute Gasteiger partial charge is 0.379 e. The molecular formula is C20H24ClN3O4S. The van der Waals surface area contributed by atoms with Crippen LogP contribution in [0, 0.1) is 0 Å². The molecule has 1 aliphatic heterocycles. The molecule has 1 saturated heterocycles. The zero-order valence-electron chi connectivity index (χ0n) is 16.1. The second kappa shape index (κ2) is 9.58. The highest BCUT2D eigenvalue weighted by Crippen LogP contribution is 2.25. The summed E-state index contributed by atoms with van der Waals surface area (Å²) in [5, 5.41) is 3.19. The van der Waals surface area contributed by atoms with Gasteiger partial charge in [-0.15, -0.1) is 0 Å². The van der Waals surface area contributed by atoms with Gasteiger partial charge in [-0.1, -0.05) is 41.9 Å². The monoisotopic (exact) mass is 437 g/mol. The van der Waals surface area contributed by atoms with Gasteiger partial charge in [0, 0.05) is 25.2 Å². The Kier molecular flexibility index (Phi) is 7.13. The first-order chi connectivity index (χ1) is 13.8. The van der Waals surface area contributed by atoms with Crippen molar-refractivity contribution in [3.63, 3.8) is 0 Å². The van der Waals surface area contributed by atoms with Gasteiger partial charge in [0.25, 0.3) is 5.91 Å². The fourth-order valence-corrected chi connectivity index (χ4v) is 4.05. The van der Waals surface area contributed by atoms with E-state index < -0.39 is 10.0 Å². The lowest BCUT2D eigenvalue weighted by Gasteiger charge is -2.35. The number of morpholine rings is 1. The molecule has 0 radical (unpaired) electrons. The van der Waals surface area contributed by atoms with Gasteiger partial charge in [0.1, 0.15) is 0 Å². The number of carbonyl (C=O) groups excluding carboxylic acids is 1. The molecule has 1 fully saturated rings. The molecule has 3 rings (SSSR count). The second-order valence-electron chi connectivity index (χ2n) is 6.85. The van der Waals surface area contributed by atoms with E-state index in [0.29, 0.717) is 25.3 Å². The van der Waals surface area contributed by atoms with Gasteiger partial charge in [0.15, 0.2) is 0 Å². The SMILES string of the molecule is CS(=O)(=O)Nc1cc(C(=O)NCC(c2ccccc2)N2CCOCC2)ccc1Cl. The van der Waals surface area contributed by atoms with Crippen LogP contribution in [0.25, 0.3) is 0 Å². The lowest BCUT2D eigenvalue weighted by molar-refractivity contribution is 0.0162. The molecule has 0 spiro atoms. The summed E-state index contributed by atoms with van der Waals surface area (Å²) >= 11 is 6.04. The molecule has 7 nitrogen and oxygen atoms in total. The highest BCUT2D eigenvalue weighted by atomic mass is 35.5. The molecule has 1 atom stereocenters. The molecule has 2 aromatic rings. The molecular weight excluding hydrogens is 414 g/mol. The van der Waals surface area contributed by atoms with E-state index in [1.807, 2.05) is 30.3 Å². The molecule has 1 heterocycles. The summed E-state index contributed by atoms with van der Waals surface area (Å²) < 4.78 is 30.8. The number of carbonyl (C=O) groups is 1. The van der Waals surface area contributed by atoms with Gasteiger partial charge in [0.05, 0.1) is 36.2 Å². The molecule has 0 aliphatic carbocycles. The summed E-state index contributed by atoms with van der Waals surface area (Å²) in [5.74, 6) is -0.299. The molecule has 156 valence electrons. The molecule has 0 bridgehead atoms. The van der Waals surface area contributed by atoms with Gasteiger partial charge in [-0.2, -0.15) is 0 Å². The zero-order valence-corrected chi connectivity index (χ0v) is 17.7. The van der Waals surface area contributed by atoms with Crippen LogP contribution >= 0.6 is 11.6 Å². The van der Waals surface area contributed by atoms with E-state index in [0.717, 1.165) is 24.9 Å². The highest BCUT2D eigenvalue weighted by molar-refractivity contribution is 7.92. The fraction of sp³-hybridized carbons (Fsp3) is 0.350. The normalized spacial score (nSPS) is 16.2. The van der Waals surface area contributed by atoms with E-state index in [2.05, 4.69) is 14.9 Å². The van der Waals surface area contributed by atoms with E-state index in [4.69, 9.17) is 16.3 Å². The van der Waals surface area contributed by atoms with Gasteiger partial charge in [-0.05, 0) is 23.8 Å². The van der Waals surface area contributed by atoms with Crippen molar-refractivity contribution in [2.24, 2.45) is 0 Å². The molecule has 29 heavy (non-hydrogen) atoms. The number of hydrogen-bond donors (Lipinski definition) is 2. The zero-order chi connectivity index (χ0) is 20.9. The third kappa shape index (κ3) is 6.17. The first kappa shape index (κ1) is 21.6.